The maximum absolute atomic E-state index is 13.9. The quantitative estimate of drug-likeness (QED) is 0.649. The summed E-state index contributed by atoms with van der Waals surface area (Å²) in [5, 5.41) is 10.3. The summed E-state index contributed by atoms with van der Waals surface area (Å²) < 4.78 is 42.7. The highest BCUT2D eigenvalue weighted by atomic mass is 19.1. The zero-order valence-corrected chi connectivity index (χ0v) is 15.5. The van der Waals surface area contributed by atoms with E-state index in [9.17, 15) is 13.9 Å². The zero-order chi connectivity index (χ0) is 19.6. The maximum Gasteiger partial charge on any atom is 0.130 e. The number of aliphatic hydroxyl groups excluding tert-OH is 1. The van der Waals surface area contributed by atoms with Crippen LogP contribution >= 0.6 is 0 Å². The lowest BCUT2D eigenvalue weighted by molar-refractivity contribution is 0.0538. The number of halogens is 2. The molecule has 2 aromatic carbocycles. The van der Waals surface area contributed by atoms with Gasteiger partial charge in [0.1, 0.15) is 35.8 Å². The molecule has 5 nitrogen and oxygen atoms in total. The van der Waals surface area contributed by atoms with E-state index in [2.05, 4.69) is 0 Å². The van der Waals surface area contributed by atoms with Crippen LogP contribution in [0.4, 0.5) is 8.78 Å². The minimum Gasteiger partial charge on any atom is -0.497 e. The number of nitrogens with zero attached hydrogens (tertiary/aromatic N) is 1. The lowest BCUT2D eigenvalue weighted by atomic mass is 10.2. The summed E-state index contributed by atoms with van der Waals surface area (Å²) in [7, 11) is 3.15. The smallest absolute Gasteiger partial charge is 0.130 e. The molecule has 0 bridgehead atoms. The molecule has 1 atom stereocenters. The van der Waals surface area contributed by atoms with E-state index >= 15 is 0 Å². The van der Waals surface area contributed by atoms with Gasteiger partial charge in [0.15, 0.2) is 0 Å². The first-order valence-electron chi connectivity index (χ1n) is 8.62. The van der Waals surface area contributed by atoms with Crippen LogP contribution in [0.2, 0.25) is 0 Å². The van der Waals surface area contributed by atoms with Crippen molar-refractivity contribution >= 4 is 0 Å². The zero-order valence-electron chi connectivity index (χ0n) is 15.5. The molecule has 0 saturated carbocycles. The van der Waals surface area contributed by atoms with Crippen molar-refractivity contribution in [2.45, 2.75) is 12.6 Å². The van der Waals surface area contributed by atoms with Crippen molar-refractivity contribution in [1.82, 2.24) is 4.90 Å². The summed E-state index contributed by atoms with van der Waals surface area (Å²) >= 11 is 0. The Bertz CT molecular complexity index is 697. The average Bonchev–Trinajstić information content (AvgIpc) is 2.67. The van der Waals surface area contributed by atoms with Crippen LogP contribution in [-0.2, 0) is 11.3 Å². The summed E-state index contributed by atoms with van der Waals surface area (Å²) in [6, 6.07) is 10.5. The Morgan fingerprint density at radius 2 is 1.74 bits per heavy atom. The number of rotatable bonds is 11. The van der Waals surface area contributed by atoms with Crippen molar-refractivity contribution in [2.75, 3.05) is 40.5 Å². The number of aliphatic hydroxyl groups is 1. The van der Waals surface area contributed by atoms with E-state index in [0.717, 1.165) is 11.8 Å². The molecule has 2 aromatic rings. The van der Waals surface area contributed by atoms with E-state index in [1.807, 2.05) is 4.90 Å². The molecule has 0 fully saturated rings. The van der Waals surface area contributed by atoms with E-state index in [0.29, 0.717) is 24.5 Å². The summed E-state index contributed by atoms with van der Waals surface area (Å²) in [4.78, 5) is 1.84. The number of hydrogen-bond donors (Lipinski definition) is 1. The molecule has 0 heterocycles. The number of hydrogen-bond acceptors (Lipinski definition) is 5. The van der Waals surface area contributed by atoms with Gasteiger partial charge in [0.25, 0.3) is 0 Å². The van der Waals surface area contributed by atoms with E-state index in [1.165, 1.54) is 12.1 Å². The Morgan fingerprint density at radius 1 is 1.04 bits per heavy atom. The standard InChI is InChI=1S/C20H25F2NO4/c1-25-10-9-23(12-15-3-4-16(21)11-20(15)22)13-17(24)14-27-19-7-5-18(26-2)6-8-19/h3-8,11,17,24H,9-10,12-14H2,1-2H3. The molecule has 1 unspecified atom stereocenters. The second-order valence-corrected chi connectivity index (χ2v) is 6.10. The number of ether oxygens (including phenoxy) is 3. The van der Waals surface area contributed by atoms with Gasteiger partial charge in [-0.15, -0.1) is 0 Å². The Labute approximate surface area is 158 Å². The lowest BCUT2D eigenvalue weighted by Crippen LogP contribution is -2.37. The van der Waals surface area contributed by atoms with E-state index < -0.39 is 17.7 Å². The maximum atomic E-state index is 13.9. The molecule has 2 rings (SSSR count). The first-order valence-corrected chi connectivity index (χ1v) is 8.62. The molecule has 0 radical (unpaired) electrons. The first kappa shape index (κ1) is 21.1. The third-order valence-electron chi connectivity index (χ3n) is 3.99. The van der Waals surface area contributed by atoms with E-state index in [1.54, 1.807) is 38.5 Å². The van der Waals surface area contributed by atoms with Gasteiger partial charge in [-0.3, -0.25) is 4.90 Å². The summed E-state index contributed by atoms with van der Waals surface area (Å²) in [6.07, 6.45) is -0.785. The van der Waals surface area contributed by atoms with Crippen LogP contribution in [0.3, 0.4) is 0 Å². The monoisotopic (exact) mass is 381 g/mol. The number of benzene rings is 2. The fourth-order valence-electron chi connectivity index (χ4n) is 2.56. The third-order valence-corrected chi connectivity index (χ3v) is 3.99. The molecular weight excluding hydrogens is 356 g/mol. The molecule has 148 valence electrons. The predicted molar refractivity (Wildman–Crippen MR) is 98.0 cm³/mol. The fourth-order valence-corrected chi connectivity index (χ4v) is 2.56. The van der Waals surface area contributed by atoms with Gasteiger partial charge in [-0.2, -0.15) is 0 Å². The van der Waals surface area contributed by atoms with Crippen LogP contribution in [-0.4, -0.2) is 56.6 Å². The highest BCUT2D eigenvalue weighted by Gasteiger charge is 2.15. The molecule has 0 aliphatic heterocycles. The van der Waals surface area contributed by atoms with Crippen LogP contribution in [0.15, 0.2) is 42.5 Å². The molecule has 0 amide bonds. The average molecular weight is 381 g/mol. The Morgan fingerprint density at radius 3 is 2.37 bits per heavy atom. The Kier molecular flexibility index (Phi) is 8.44. The molecule has 7 heteroatoms. The summed E-state index contributed by atoms with van der Waals surface area (Å²) in [5.41, 5.74) is 0.357. The van der Waals surface area contributed by atoms with Gasteiger partial charge in [0, 0.05) is 38.4 Å². The third kappa shape index (κ3) is 7.13. The highest BCUT2D eigenvalue weighted by molar-refractivity contribution is 5.31. The van der Waals surface area contributed by atoms with Gasteiger partial charge in [0.05, 0.1) is 13.7 Å². The van der Waals surface area contributed by atoms with Crippen LogP contribution in [0.5, 0.6) is 11.5 Å². The number of methoxy groups -OCH3 is 2. The second-order valence-electron chi connectivity index (χ2n) is 6.10. The van der Waals surface area contributed by atoms with E-state index in [4.69, 9.17) is 14.2 Å². The predicted octanol–water partition coefficient (Wildman–Crippen LogP) is 2.86. The molecule has 0 aliphatic rings. The van der Waals surface area contributed by atoms with Gasteiger partial charge in [0.2, 0.25) is 0 Å². The van der Waals surface area contributed by atoms with Crippen molar-refractivity contribution in [2.24, 2.45) is 0 Å². The normalized spacial score (nSPS) is 12.2. The van der Waals surface area contributed by atoms with E-state index in [-0.39, 0.29) is 19.7 Å². The molecule has 0 saturated heterocycles. The van der Waals surface area contributed by atoms with Crippen LogP contribution in [0.1, 0.15) is 5.56 Å². The fraction of sp³-hybridized carbons (Fsp3) is 0.400. The van der Waals surface area contributed by atoms with Gasteiger partial charge < -0.3 is 19.3 Å². The van der Waals surface area contributed by atoms with Gasteiger partial charge in [-0.1, -0.05) is 6.07 Å². The second kappa shape index (κ2) is 10.8. The molecule has 1 N–H and O–H groups in total. The topological polar surface area (TPSA) is 51.2 Å². The Balaban J connectivity index is 1.90. The van der Waals surface area contributed by atoms with Gasteiger partial charge >= 0.3 is 0 Å². The van der Waals surface area contributed by atoms with Gasteiger partial charge in [-0.05, 0) is 30.3 Å². The van der Waals surface area contributed by atoms with Crippen molar-refractivity contribution in [3.8, 4) is 11.5 Å². The minimum atomic E-state index is -0.785. The summed E-state index contributed by atoms with van der Waals surface area (Å²) in [5.74, 6) is 0.104. The molecule has 0 aliphatic carbocycles. The molecule has 0 aromatic heterocycles. The molecule has 0 spiro atoms. The molecular formula is C20H25F2NO4. The SMILES string of the molecule is COCCN(Cc1ccc(F)cc1F)CC(O)COc1ccc(OC)cc1. The minimum absolute atomic E-state index is 0.0850. The van der Waals surface area contributed by atoms with Crippen molar-refractivity contribution in [1.29, 1.82) is 0 Å². The lowest BCUT2D eigenvalue weighted by Gasteiger charge is -2.25. The van der Waals surface area contributed by atoms with Crippen LogP contribution in [0, 0.1) is 11.6 Å². The first-order chi connectivity index (χ1) is 13.0. The summed E-state index contributed by atoms with van der Waals surface area (Å²) in [6.45, 7) is 1.49. The van der Waals surface area contributed by atoms with Crippen LogP contribution < -0.4 is 9.47 Å². The van der Waals surface area contributed by atoms with Gasteiger partial charge in [-0.25, -0.2) is 8.78 Å². The largest absolute Gasteiger partial charge is 0.497 e. The van der Waals surface area contributed by atoms with Crippen LogP contribution in [0.25, 0.3) is 0 Å². The highest BCUT2D eigenvalue weighted by Crippen LogP contribution is 2.17. The van der Waals surface area contributed by atoms with Crippen molar-refractivity contribution < 1.29 is 28.1 Å². The molecule has 27 heavy (non-hydrogen) atoms. The Hall–Kier alpha value is -2.22. The van der Waals surface area contributed by atoms with Crippen molar-refractivity contribution in [3.63, 3.8) is 0 Å². The van der Waals surface area contributed by atoms with Crippen molar-refractivity contribution in [3.05, 3.63) is 59.7 Å².